The van der Waals surface area contributed by atoms with E-state index in [2.05, 4.69) is 15.1 Å². The lowest BCUT2D eigenvalue weighted by molar-refractivity contribution is 0.395. The van der Waals surface area contributed by atoms with Crippen molar-refractivity contribution in [1.29, 1.82) is 0 Å². The van der Waals surface area contributed by atoms with Crippen molar-refractivity contribution >= 4 is 11.6 Å². The van der Waals surface area contributed by atoms with Crippen LogP contribution in [0.4, 0.5) is 0 Å². The maximum atomic E-state index is 6.19. The van der Waals surface area contributed by atoms with Gasteiger partial charge in [0.15, 0.2) is 0 Å². The van der Waals surface area contributed by atoms with Gasteiger partial charge in [0.25, 0.3) is 0 Å². The van der Waals surface area contributed by atoms with Crippen molar-refractivity contribution in [2.24, 2.45) is 12.8 Å². The van der Waals surface area contributed by atoms with Crippen LogP contribution in [-0.4, -0.2) is 26.9 Å². The van der Waals surface area contributed by atoms with Gasteiger partial charge in [-0.15, -0.1) is 0 Å². The minimum absolute atomic E-state index is 0.280. The molecule has 0 aliphatic rings. The predicted octanol–water partition coefficient (Wildman–Crippen LogP) is 1.42. The molecule has 2 aromatic heterocycles. The zero-order valence-corrected chi connectivity index (χ0v) is 11.8. The normalized spacial score (nSPS) is 12.5. The molecule has 0 saturated heterocycles. The van der Waals surface area contributed by atoms with Crippen molar-refractivity contribution in [2.45, 2.75) is 19.4 Å². The van der Waals surface area contributed by atoms with E-state index in [9.17, 15) is 0 Å². The van der Waals surface area contributed by atoms with Crippen LogP contribution in [-0.2, 0) is 13.5 Å². The second kappa shape index (κ2) is 5.54. The molecule has 2 heterocycles. The third-order valence-electron chi connectivity index (χ3n) is 2.95. The first-order valence-corrected chi connectivity index (χ1v) is 6.20. The van der Waals surface area contributed by atoms with Crippen molar-refractivity contribution in [3.8, 4) is 5.88 Å². The van der Waals surface area contributed by atoms with E-state index in [1.807, 2.05) is 6.92 Å². The van der Waals surface area contributed by atoms with Gasteiger partial charge in [-0.25, -0.2) is 9.97 Å². The molecule has 0 aliphatic carbocycles. The monoisotopic (exact) mass is 281 g/mol. The van der Waals surface area contributed by atoms with Gasteiger partial charge < -0.3 is 10.5 Å². The number of methoxy groups -OCH3 is 1. The summed E-state index contributed by atoms with van der Waals surface area (Å²) in [5.41, 5.74) is 8.69. The molecular weight excluding hydrogens is 266 g/mol. The molecule has 2 N–H and O–H groups in total. The molecule has 102 valence electrons. The number of aromatic nitrogens is 4. The Kier molecular flexibility index (Phi) is 4.01. The fraction of sp³-hybridized carbons (Fsp3) is 0.417. The van der Waals surface area contributed by atoms with E-state index < -0.39 is 0 Å². The van der Waals surface area contributed by atoms with Crippen LogP contribution in [0.1, 0.15) is 23.0 Å². The van der Waals surface area contributed by atoms with Crippen molar-refractivity contribution in [2.75, 3.05) is 7.11 Å². The number of hydrogen-bond donors (Lipinski definition) is 1. The lowest BCUT2D eigenvalue weighted by Gasteiger charge is -2.11. The number of rotatable bonds is 4. The van der Waals surface area contributed by atoms with Crippen LogP contribution in [0, 0.1) is 6.92 Å². The minimum atomic E-state index is -0.280. The van der Waals surface area contributed by atoms with Gasteiger partial charge in [-0.05, 0) is 13.3 Å². The highest BCUT2D eigenvalue weighted by Crippen LogP contribution is 2.24. The van der Waals surface area contributed by atoms with E-state index in [-0.39, 0.29) is 6.04 Å². The van der Waals surface area contributed by atoms with Gasteiger partial charge in [-0.3, -0.25) is 4.68 Å². The molecule has 0 fully saturated rings. The molecule has 0 bridgehead atoms. The molecule has 2 aromatic rings. The van der Waals surface area contributed by atoms with Crippen LogP contribution in [0.5, 0.6) is 5.88 Å². The first-order chi connectivity index (χ1) is 9.02. The number of aryl methyl sites for hydroxylation is 2. The molecule has 0 spiro atoms. The molecule has 19 heavy (non-hydrogen) atoms. The summed E-state index contributed by atoms with van der Waals surface area (Å²) in [6.07, 6.45) is 2.00. The third-order valence-corrected chi connectivity index (χ3v) is 3.42. The van der Waals surface area contributed by atoms with E-state index in [4.69, 9.17) is 22.1 Å². The van der Waals surface area contributed by atoms with Crippen molar-refractivity contribution in [3.05, 3.63) is 34.5 Å². The standard InChI is InChI=1S/C12H16ClN5O/c1-7-8(12(13)18(2)17-7)4-9(14)10-5-11(19-3)16-6-15-10/h5-6,9H,4,14H2,1-3H3. The molecule has 7 heteroatoms. The molecule has 0 aliphatic heterocycles. The Labute approximate surface area is 116 Å². The first kappa shape index (κ1) is 13.8. The lowest BCUT2D eigenvalue weighted by atomic mass is 10.0. The molecule has 6 nitrogen and oxygen atoms in total. The van der Waals surface area contributed by atoms with Gasteiger partial charge in [0.2, 0.25) is 5.88 Å². The van der Waals surface area contributed by atoms with Crippen LogP contribution in [0.15, 0.2) is 12.4 Å². The highest BCUT2D eigenvalue weighted by molar-refractivity contribution is 6.30. The molecule has 2 rings (SSSR count). The Morgan fingerprint density at radius 1 is 1.47 bits per heavy atom. The van der Waals surface area contributed by atoms with Gasteiger partial charge >= 0.3 is 0 Å². The average Bonchev–Trinajstić information content (AvgIpc) is 2.65. The third kappa shape index (κ3) is 2.85. The maximum Gasteiger partial charge on any atom is 0.216 e. The fourth-order valence-electron chi connectivity index (χ4n) is 1.90. The molecule has 0 aromatic carbocycles. The summed E-state index contributed by atoms with van der Waals surface area (Å²) < 4.78 is 6.70. The summed E-state index contributed by atoms with van der Waals surface area (Å²) in [6.45, 7) is 1.91. The van der Waals surface area contributed by atoms with Crippen molar-refractivity contribution < 1.29 is 4.74 Å². The largest absolute Gasteiger partial charge is 0.481 e. The summed E-state index contributed by atoms with van der Waals surface area (Å²) in [5, 5.41) is 4.87. The van der Waals surface area contributed by atoms with E-state index in [0.717, 1.165) is 11.3 Å². The summed E-state index contributed by atoms with van der Waals surface area (Å²) in [4.78, 5) is 8.12. The number of nitrogens with two attached hydrogens (primary N) is 1. The van der Waals surface area contributed by atoms with Crippen LogP contribution < -0.4 is 10.5 Å². The average molecular weight is 282 g/mol. The zero-order valence-electron chi connectivity index (χ0n) is 11.1. The van der Waals surface area contributed by atoms with Crippen molar-refractivity contribution in [1.82, 2.24) is 19.7 Å². The van der Waals surface area contributed by atoms with Crippen LogP contribution in [0.3, 0.4) is 0 Å². The SMILES string of the molecule is COc1cc(C(N)Cc2c(C)nn(C)c2Cl)ncn1. The van der Waals surface area contributed by atoms with Gasteiger partial charge in [0.1, 0.15) is 11.5 Å². The molecule has 0 amide bonds. The second-order valence-electron chi connectivity index (χ2n) is 4.27. The summed E-state index contributed by atoms with van der Waals surface area (Å²) >= 11 is 6.19. The van der Waals surface area contributed by atoms with E-state index in [1.54, 1.807) is 24.9 Å². The molecule has 0 radical (unpaired) electrons. The Morgan fingerprint density at radius 2 is 2.21 bits per heavy atom. The summed E-state index contributed by atoms with van der Waals surface area (Å²) in [6, 6.07) is 1.45. The smallest absolute Gasteiger partial charge is 0.216 e. The zero-order chi connectivity index (χ0) is 14.0. The number of halogens is 1. The highest BCUT2D eigenvalue weighted by Gasteiger charge is 2.17. The number of hydrogen-bond acceptors (Lipinski definition) is 5. The Morgan fingerprint density at radius 3 is 2.79 bits per heavy atom. The van der Waals surface area contributed by atoms with Crippen LogP contribution >= 0.6 is 11.6 Å². The van der Waals surface area contributed by atoms with Gasteiger partial charge in [0.05, 0.1) is 24.5 Å². The number of ether oxygens (including phenoxy) is 1. The Hall–Kier alpha value is -1.66. The highest BCUT2D eigenvalue weighted by atomic mass is 35.5. The predicted molar refractivity (Wildman–Crippen MR) is 72.2 cm³/mol. The van der Waals surface area contributed by atoms with Gasteiger partial charge in [0, 0.05) is 18.7 Å². The van der Waals surface area contributed by atoms with Crippen LogP contribution in [0.25, 0.3) is 0 Å². The maximum absolute atomic E-state index is 6.19. The molecule has 1 unspecified atom stereocenters. The quantitative estimate of drug-likeness (QED) is 0.917. The molecule has 0 saturated carbocycles. The van der Waals surface area contributed by atoms with E-state index in [1.165, 1.54) is 6.33 Å². The Balaban J connectivity index is 2.22. The van der Waals surface area contributed by atoms with Crippen molar-refractivity contribution in [3.63, 3.8) is 0 Å². The lowest BCUT2D eigenvalue weighted by Crippen LogP contribution is -2.15. The van der Waals surface area contributed by atoms with E-state index in [0.29, 0.717) is 23.1 Å². The van der Waals surface area contributed by atoms with Gasteiger partial charge in [-0.1, -0.05) is 11.6 Å². The first-order valence-electron chi connectivity index (χ1n) is 5.82. The summed E-state index contributed by atoms with van der Waals surface area (Å²) in [7, 11) is 3.36. The number of nitrogens with zero attached hydrogens (tertiary/aromatic N) is 4. The second-order valence-corrected chi connectivity index (χ2v) is 4.63. The topological polar surface area (TPSA) is 78.9 Å². The van der Waals surface area contributed by atoms with Gasteiger partial charge in [-0.2, -0.15) is 5.10 Å². The fourth-order valence-corrected chi connectivity index (χ4v) is 2.15. The molecule has 1 atom stereocenters. The molecular formula is C12H16ClN5O. The summed E-state index contributed by atoms with van der Waals surface area (Å²) in [5.74, 6) is 0.495. The van der Waals surface area contributed by atoms with E-state index >= 15 is 0 Å². The van der Waals surface area contributed by atoms with Crippen LogP contribution in [0.2, 0.25) is 5.15 Å². The Bertz CT molecular complexity index is 583. The minimum Gasteiger partial charge on any atom is -0.481 e.